The van der Waals surface area contributed by atoms with E-state index < -0.39 is 21.9 Å². The minimum absolute atomic E-state index is 0.0398. The summed E-state index contributed by atoms with van der Waals surface area (Å²) in [6.45, 7) is 9.54. The van der Waals surface area contributed by atoms with Gasteiger partial charge >= 0.3 is 0 Å². The number of hydrogen-bond acceptors (Lipinski definition) is 8. The van der Waals surface area contributed by atoms with Crippen LogP contribution < -0.4 is 25.8 Å². The van der Waals surface area contributed by atoms with Crippen molar-refractivity contribution in [1.82, 2.24) is 10.3 Å². The molecule has 0 aliphatic rings. The highest BCUT2D eigenvalue weighted by atomic mass is 32.2. The van der Waals surface area contributed by atoms with Crippen LogP contribution in [0.4, 0.5) is 11.5 Å². The fraction of sp³-hybridized carbons (Fsp3) is 0.312. The van der Waals surface area contributed by atoms with Gasteiger partial charge in [0.1, 0.15) is 11.9 Å². The Bertz CT molecular complexity index is 1670. The molecule has 0 saturated carbocycles. The fourth-order valence-electron chi connectivity index (χ4n) is 4.73. The SMILES string of the molecule is CCOc1cc(C(Nc2ccc3c(N)nccc3c2)C(=O)N[C@H](C)c2ccccc2S(=O)(=O)CC)ccc1OC(C)C. The maximum atomic E-state index is 14.0. The molecule has 1 heterocycles. The highest BCUT2D eigenvalue weighted by Crippen LogP contribution is 2.34. The third-order valence-electron chi connectivity index (χ3n) is 6.79. The van der Waals surface area contributed by atoms with Gasteiger partial charge in [-0.05, 0) is 86.7 Å². The first kappa shape index (κ1) is 30.6. The van der Waals surface area contributed by atoms with Crippen LogP contribution in [0, 0.1) is 0 Å². The van der Waals surface area contributed by atoms with Crippen molar-refractivity contribution < 1.29 is 22.7 Å². The Morgan fingerprint density at radius 1 is 0.976 bits per heavy atom. The highest BCUT2D eigenvalue weighted by Gasteiger charge is 2.27. The average Bonchev–Trinajstić information content (AvgIpc) is 2.96. The van der Waals surface area contributed by atoms with Gasteiger partial charge in [-0.1, -0.05) is 31.2 Å². The summed E-state index contributed by atoms with van der Waals surface area (Å²) in [6, 6.07) is 18.2. The quantitative estimate of drug-likeness (QED) is 0.188. The van der Waals surface area contributed by atoms with Crippen molar-refractivity contribution >= 4 is 38.0 Å². The van der Waals surface area contributed by atoms with Crippen molar-refractivity contribution in [2.24, 2.45) is 0 Å². The summed E-state index contributed by atoms with van der Waals surface area (Å²) in [5.74, 6) is 1.14. The Morgan fingerprint density at radius 3 is 2.45 bits per heavy atom. The molecule has 1 unspecified atom stereocenters. The van der Waals surface area contributed by atoms with E-state index in [0.717, 1.165) is 10.8 Å². The summed E-state index contributed by atoms with van der Waals surface area (Å²) >= 11 is 0. The van der Waals surface area contributed by atoms with E-state index in [0.29, 0.717) is 40.7 Å². The van der Waals surface area contributed by atoms with Crippen LogP contribution in [0.2, 0.25) is 0 Å². The maximum absolute atomic E-state index is 14.0. The first-order chi connectivity index (χ1) is 20.0. The summed E-state index contributed by atoms with van der Waals surface area (Å²) in [5.41, 5.74) is 7.89. The van der Waals surface area contributed by atoms with Gasteiger partial charge in [0.25, 0.3) is 0 Å². The third-order valence-corrected chi connectivity index (χ3v) is 8.59. The lowest BCUT2D eigenvalue weighted by Crippen LogP contribution is -2.35. The van der Waals surface area contributed by atoms with Crippen LogP contribution in [-0.2, 0) is 14.6 Å². The molecule has 42 heavy (non-hydrogen) atoms. The first-order valence-electron chi connectivity index (χ1n) is 14.0. The molecule has 3 aromatic carbocycles. The molecule has 0 aliphatic carbocycles. The predicted octanol–water partition coefficient (Wildman–Crippen LogP) is 5.83. The van der Waals surface area contributed by atoms with E-state index in [1.54, 1.807) is 56.4 Å². The predicted molar refractivity (Wildman–Crippen MR) is 167 cm³/mol. The molecular weight excluding hydrogens is 552 g/mol. The minimum atomic E-state index is -3.49. The highest BCUT2D eigenvalue weighted by molar-refractivity contribution is 7.91. The zero-order chi connectivity index (χ0) is 30.4. The van der Waals surface area contributed by atoms with Crippen LogP contribution >= 0.6 is 0 Å². The lowest BCUT2D eigenvalue weighted by atomic mass is 10.0. The van der Waals surface area contributed by atoms with E-state index in [-0.39, 0.29) is 22.7 Å². The van der Waals surface area contributed by atoms with Crippen molar-refractivity contribution in [3.8, 4) is 11.5 Å². The number of rotatable bonds is 12. The van der Waals surface area contributed by atoms with Crippen LogP contribution in [0.5, 0.6) is 11.5 Å². The molecule has 0 spiro atoms. The number of nitrogens with one attached hydrogen (secondary N) is 2. The first-order valence-corrected chi connectivity index (χ1v) is 15.7. The van der Waals surface area contributed by atoms with Crippen molar-refractivity contribution in [3.63, 3.8) is 0 Å². The number of nitrogen functional groups attached to an aromatic ring is 1. The smallest absolute Gasteiger partial charge is 0.247 e. The second-order valence-corrected chi connectivity index (χ2v) is 12.4. The summed E-state index contributed by atoms with van der Waals surface area (Å²) in [4.78, 5) is 18.3. The largest absolute Gasteiger partial charge is 0.490 e. The Morgan fingerprint density at radius 2 is 1.74 bits per heavy atom. The zero-order valence-electron chi connectivity index (χ0n) is 24.5. The molecule has 1 aromatic heterocycles. The molecule has 0 saturated heterocycles. The van der Waals surface area contributed by atoms with E-state index in [1.165, 1.54) is 0 Å². The van der Waals surface area contributed by atoms with Gasteiger partial charge < -0.3 is 25.8 Å². The number of amides is 1. The summed E-state index contributed by atoms with van der Waals surface area (Å²) in [6.07, 6.45) is 1.57. The number of benzene rings is 3. The number of pyridine rings is 1. The molecule has 4 rings (SSSR count). The monoisotopic (exact) mass is 590 g/mol. The number of aromatic nitrogens is 1. The number of nitrogens with two attached hydrogens (primary N) is 1. The van der Waals surface area contributed by atoms with Crippen molar-refractivity contribution in [2.75, 3.05) is 23.4 Å². The molecule has 4 aromatic rings. The zero-order valence-corrected chi connectivity index (χ0v) is 25.4. The van der Waals surface area contributed by atoms with Gasteiger partial charge in [-0.2, -0.15) is 0 Å². The normalized spacial score (nSPS) is 13.0. The Hall–Kier alpha value is -4.31. The molecule has 10 heteroatoms. The Balaban J connectivity index is 1.73. The number of fused-ring (bicyclic) bond motifs is 1. The van der Waals surface area contributed by atoms with E-state index in [1.807, 2.05) is 51.1 Å². The van der Waals surface area contributed by atoms with E-state index in [9.17, 15) is 13.2 Å². The topological polar surface area (TPSA) is 133 Å². The van der Waals surface area contributed by atoms with E-state index in [2.05, 4.69) is 15.6 Å². The molecule has 9 nitrogen and oxygen atoms in total. The summed E-state index contributed by atoms with van der Waals surface area (Å²) in [5, 5.41) is 8.07. The number of sulfone groups is 1. The molecule has 1 amide bonds. The number of ether oxygens (including phenoxy) is 2. The minimum Gasteiger partial charge on any atom is -0.490 e. The average molecular weight is 591 g/mol. The second kappa shape index (κ2) is 13.1. The molecule has 222 valence electrons. The second-order valence-electron chi connectivity index (χ2n) is 10.2. The van der Waals surface area contributed by atoms with E-state index in [4.69, 9.17) is 15.2 Å². The van der Waals surface area contributed by atoms with Crippen molar-refractivity contribution in [3.05, 3.63) is 84.1 Å². The van der Waals surface area contributed by atoms with Gasteiger partial charge in [-0.15, -0.1) is 0 Å². The molecule has 0 fully saturated rings. The molecule has 2 atom stereocenters. The molecule has 4 N–H and O–H groups in total. The maximum Gasteiger partial charge on any atom is 0.247 e. The molecule has 0 aliphatic heterocycles. The van der Waals surface area contributed by atoms with Crippen LogP contribution in [0.15, 0.2) is 77.8 Å². The summed E-state index contributed by atoms with van der Waals surface area (Å²) < 4.78 is 37.4. The van der Waals surface area contributed by atoms with Gasteiger partial charge in [0.2, 0.25) is 5.91 Å². The molecule has 0 bridgehead atoms. The van der Waals surface area contributed by atoms with Crippen molar-refractivity contribution in [1.29, 1.82) is 0 Å². The number of carbonyl (C=O) groups excluding carboxylic acids is 1. The lowest BCUT2D eigenvalue weighted by Gasteiger charge is -2.25. The van der Waals surface area contributed by atoms with Gasteiger partial charge in [0.15, 0.2) is 21.3 Å². The van der Waals surface area contributed by atoms with Gasteiger partial charge in [-0.25, -0.2) is 13.4 Å². The van der Waals surface area contributed by atoms with Gasteiger partial charge in [-0.3, -0.25) is 4.79 Å². The molecular formula is C32H38N4O5S. The van der Waals surface area contributed by atoms with Crippen molar-refractivity contribution in [2.45, 2.75) is 57.7 Å². The Labute approximate surface area is 247 Å². The number of anilines is 2. The van der Waals surface area contributed by atoms with E-state index >= 15 is 0 Å². The third kappa shape index (κ3) is 6.94. The van der Waals surface area contributed by atoms with Crippen LogP contribution in [0.3, 0.4) is 0 Å². The standard InChI is InChI=1S/C32H38N4O5S/c1-6-40-28-19-23(12-15-27(28)41-20(3)4)30(36-24-13-14-26-22(18-24)16-17-34-31(26)33)32(37)35-21(5)25-10-8-9-11-29(25)42(38,39)7-2/h8-21,30,36H,6-7H2,1-5H3,(H2,33,34)(H,35,37)/t21-,30?/m1/s1. The fourth-order valence-corrected chi connectivity index (χ4v) is 5.93. The van der Waals surface area contributed by atoms with Gasteiger partial charge in [0.05, 0.1) is 29.4 Å². The number of carbonyl (C=O) groups is 1. The lowest BCUT2D eigenvalue weighted by molar-refractivity contribution is -0.122. The summed E-state index contributed by atoms with van der Waals surface area (Å²) in [7, 11) is -3.49. The van der Waals surface area contributed by atoms with Gasteiger partial charge in [0, 0.05) is 17.3 Å². The Kier molecular flexibility index (Phi) is 9.57. The van der Waals surface area contributed by atoms with Crippen LogP contribution in [0.25, 0.3) is 10.8 Å². The molecule has 0 radical (unpaired) electrons. The van der Waals surface area contributed by atoms with Crippen LogP contribution in [-0.4, -0.2) is 37.8 Å². The van der Waals surface area contributed by atoms with Crippen LogP contribution in [0.1, 0.15) is 57.8 Å². The number of hydrogen-bond donors (Lipinski definition) is 3. The number of nitrogens with zero attached hydrogens (tertiary/aromatic N) is 1.